The Kier molecular flexibility index (Phi) is 7.69. The summed E-state index contributed by atoms with van der Waals surface area (Å²) in [6.07, 6.45) is 0. The number of amides is 1. The van der Waals surface area contributed by atoms with Crippen LogP contribution in [-0.2, 0) is 14.8 Å². The van der Waals surface area contributed by atoms with Gasteiger partial charge in [0.1, 0.15) is 18.0 Å². The smallest absolute Gasteiger partial charge is 0.264 e. The van der Waals surface area contributed by atoms with Gasteiger partial charge in [-0.3, -0.25) is 9.10 Å². The maximum absolute atomic E-state index is 13.7. The first-order valence-electron chi connectivity index (χ1n) is 11.7. The Balaban J connectivity index is 1.54. The van der Waals surface area contributed by atoms with Crippen LogP contribution in [0.2, 0.25) is 0 Å². The predicted octanol–water partition coefficient (Wildman–Crippen LogP) is 3.56. The van der Waals surface area contributed by atoms with Crippen molar-refractivity contribution in [3.63, 3.8) is 0 Å². The molecule has 0 radical (unpaired) electrons. The molecule has 1 heterocycles. The van der Waals surface area contributed by atoms with E-state index in [-0.39, 0.29) is 17.3 Å². The van der Waals surface area contributed by atoms with Crippen molar-refractivity contribution in [3.8, 4) is 11.5 Å². The van der Waals surface area contributed by atoms with Gasteiger partial charge in [0.25, 0.3) is 10.0 Å². The van der Waals surface area contributed by atoms with Crippen molar-refractivity contribution in [2.75, 3.05) is 56.1 Å². The van der Waals surface area contributed by atoms with Gasteiger partial charge in [-0.05, 0) is 55.0 Å². The Morgan fingerprint density at radius 1 is 0.861 bits per heavy atom. The van der Waals surface area contributed by atoms with E-state index in [1.54, 1.807) is 62.4 Å². The molecule has 36 heavy (non-hydrogen) atoms. The van der Waals surface area contributed by atoms with E-state index < -0.39 is 10.0 Å². The molecule has 1 fully saturated rings. The number of hydrogen-bond acceptors (Lipinski definition) is 6. The van der Waals surface area contributed by atoms with Gasteiger partial charge < -0.3 is 19.3 Å². The van der Waals surface area contributed by atoms with Gasteiger partial charge in [0.05, 0.1) is 30.5 Å². The molecule has 1 saturated heterocycles. The highest BCUT2D eigenvalue weighted by Crippen LogP contribution is 2.29. The van der Waals surface area contributed by atoms with Gasteiger partial charge in [0.2, 0.25) is 5.91 Å². The number of sulfonamides is 1. The number of benzene rings is 3. The fourth-order valence-electron chi connectivity index (χ4n) is 4.36. The first-order chi connectivity index (χ1) is 17.3. The Hall–Kier alpha value is -3.72. The standard InChI is InChI=1S/C27H31N3O5S/c1-21-19-23(13-14-25(21)34-2)36(32,33)30(22-9-5-4-6-10-22)20-27(31)29-17-15-28(16-18-29)24-11-7-8-12-26(24)35-3/h4-14,19H,15-18,20H2,1-3H3. The number of hydrogen-bond donors (Lipinski definition) is 0. The topological polar surface area (TPSA) is 79.4 Å². The molecule has 0 spiro atoms. The molecule has 1 aliphatic heterocycles. The van der Waals surface area contributed by atoms with Crippen LogP contribution in [-0.4, -0.2) is 66.2 Å². The number of para-hydroxylation sites is 3. The van der Waals surface area contributed by atoms with E-state index in [0.29, 0.717) is 43.2 Å². The molecule has 9 heteroatoms. The van der Waals surface area contributed by atoms with Crippen LogP contribution in [0.5, 0.6) is 11.5 Å². The molecule has 1 aliphatic rings. The molecule has 0 atom stereocenters. The van der Waals surface area contributed by atoms with E-state index >= 15 is 0 Å². The number of ether oxygens (including phenoxy) is 2. The zero-order valence-corrected chi connectivity index (χ0v) is 21.6. The molecule has 0 N–H and O–H groups in total. The lowest BCUT2D eigenvalue weighted by atomic mass is 10.2. The van der Waals surface area contributed by atoms with Gasteiger partial charge in [0, 0.05) is 26.2 Å². The molecule has 0 unspecified atom stereocenters. The molecule has 0 bridgehead atoms. The minimum Gasteiger partial charge on any atom is -0.496 e. The first kappa shape index (κ1) is 25.4. The summed E-state index contributed by atoms with van der Waals surface area (Å²) in [6, 6.07) is 21.2. The summed E-state index contributed by atoms with van der Waals surface area (Å²) >= 11 is 0. The number of nitrogens with zero attached hydrogens (tertiary/aromatic N) is 3. The monoisotopic (exact) mass is 509 g/mol. The van der Waals surface area contributed by atoms with Crippen molar-refractivity contribution in [1.29, 1.82) is 0 Å². The van der Waals surface area contributed by atoms with E-state index in [2.05, 4.69) is 4.90 Å². The van der Waals surface area contributed by atoms with Crippen molar-refractivity contribution in [3.05, 3.63) is 78.4 Å². The van der Waals surface area contributed by atoms with Crippen molar-refractivity contribution in [2.45, 2.75) is 11.8 Å². The van der Waals surface area contributed by atoms with Crippen LogP contribution >= 0.6 is 0 Å². The summed E-state index contributed by atoms with van der Waals surface area (Å²) in [5.74, 6) is 1.14. The highest BCUT2D eigenvalue weighted by Gasteiger charge is 2.31. The number of anilines is 2. The van der Waals surface area contributed by atoms with Gasteiger partial charge in [-0.25, -0.2) is 8.42 Å². The summed E-state index contributed by atoms with van der Waals surface area (Å²) < 4.78 is 39.3. The van der Waals surface area contributed by atoms with E-state index in [1.165, 1.54) is 10.4 Å². The number of carbonyl (C=O) groups excluding carboxylic acids is 1. The fourth-order valence-corrected chi connectivity index (χ4v) is 5.86. The van der Waals surface area contributed by atoms with E-state index in [0.717, 1.165) is 11.4 Å². The summed E-state index contributed by atoms with van der Waals surface area (Å²) in [5.41, 5.74) is 2.12. The fraction of sp³-hybridized carbons (Fsp3) is 0.296. The van der Waals surface area contributed by atoms with E-state index in [1.807, 2.05) is 30.3 Å². The van der Waals surface area contributed by atoms with Gasteiger partial charge >= 0.3 is 0 Å². The van der Waals surface area contributed by atoms with Crippen LogP contribution in [0.1, 0.15) is 5.56 Å². The Labute approximate surface area is 212 Å². The summed E-state index contributed by atoms with van der Waals surface area (Å²) in [4.78, 5) is 17.4. The van der Waals surface area contributed by atoms with E-state index in [9.17, 15) is 13.2 Å². The number of methoxy groups -OCH3 is 2. The SMILES string of the molecule is COc1ccc(S(=O)(=O)N(CC(=O)N2CCN(c3ccccc3OC)CC2)c2ccccc2)cc1C. The Morgan fingerprint density at radius 3 is 2.14 bits per heavy atom. The van der Waals surface area contributed by atoms with Crippen molar-refractivity contribution >= 4 is 27.3 Å². The number of rotatable bonds is 8. The summed E-state index contributed by atoms with van der Waals surface area (Å²) in [7, 11) is -0.814. The van der Waals surface area contributed by atoms with Crippen molar-refractivity contribution in [2.24, 2.45) is 0 Å². The molecular formula is C27H31N3O5S. The highest BCUT2D eigenvalue weighted by atomic mass is 32.2. The molecule has 4 rings (SSSR count). The van der Waals surface area contributed by atoms with Crippen LogP contribution in [0.3, 0.4) is 0 Å². The Morgan fingerprint density at radius 2 is 1.50 bits per heavy atom. The maximum atomic E-state index is 13.7. The zero-order chi connectivity index (χ0) is 25.7. The second-order valence-electron chi connectivity index (χ2n) is 8.52. The van der Waals surface area contributed by atoms with Crippen molar-refractivity contribution < 1.29 is 22.7 Å². The van der Waals surface area contributed by atoms with E-state index in [4.69, 9.17) is 9.47 Å². The maximum Gasteiger partial charge on any atom is 0.264 e. The zero-order valence-electron chi connectivity index (χ0n) is 20.8. The van der Waals surface area contributed by atoms with Crippen LogP contribution in [0.4, 0.5) is 11.4 Å². The third-order valence-corrected chi connectivity index (χ3v) is 8.11. The van der Waals surface area contributed by atoms with Gasteiger partial charge in [-0.1, -0.05) is 30.3 Å². The van der Waals surface area contributed by atoms with Crippen LogP contribution in [0.15, 0.2) is 77.7 Å². The minimum absolute atomic E-state index is 0.110. The number of carbonyl (C=O) groups is 1. The summed E-state index contributed by atoms with van der Waals surface area (Å²) in [5, 5.41) is 0. The molecule has 3 aromatic carbocycles. The molecule has 190 valence electrons. The Bertz CT molecular complexity index is 1310. The molecule has 1 amide bonds. The van der Waals surface area contributed by atoms with Gasteiger partial charge in [-0.2, -0.15) is 0 Å². The normalized spacial score (nSPS) is 13.9. The molecule has 0 saturated carbocycles. The molecule has 3 aromatic rings. The van der Waals surface area contributed by atoms with Gasteiger partial charge in [-0.15, -0.1) is 0 Å². The minimum atomic E-state index is -3.99. The molecule has 8 nitrogen and oxygen atoms in total. The second kappa shape index (κ2) is 10.9. The third kappa shape index (κ3) is 5.26. The van der Waals surface area contributed by atoms with Gasteiger partial charge in [0.15, 0.2) is 0 Å². The lowest BCUT2D eigenvalue weighted by Gasteiger charge is -2.37. The van der Waals surface area contributed by atoms with Crippen LogP contribution < -0.4 is 18.7 Å². The average molecular weight is 510 g/mol. The first-order valence-corrected chi connectivity index (χ1v) is 13.2. The number of piperazine rings is 1. The van der Waals surface area contributed by atoms with Crippen LogP contribution in [0, 0.1) is 6.92 Å². The molecular weight excluding hydrogens is 478 g/mol. The number of aryl methyl sites for hydroxylation is 1. The largest absolute Gasteiger partial charge is 0.496 e. The quantitative estimate of drug-likeness (QED) is 0.462. The summed E-state index contributed by atoms with van der Waals surface area (Å²) in [6.45, 7) is 3.73. The average Bonchev–Trinajstić information content (AvgIpc) is 2.92. The highest BCUT2D eigenvalue weighted by molar-refractivity contribution is 7.92. The lowest BCUT2D eigenvalue weighted by Crippen LogP contribution is -2.52. The lowest BCUT2D eigenvalue weighted by molar-refractivity contribution is -0.129. The second-order valence-corrected chi connectivity index (χ2v) is 10.4. The van der Waals surface area contributed by atoms with Crippen LogP contribution in [0.25, 0.3) is 0 Å². The molecule has 0 aromatic heterocycles. The third-order valence-electron chi connectivity index (χ3n) is 6.34. The molecule has 0 aliphatic carbocycles. The predicted molar refractivity (Wildman–Crippen MR) is 140 cm³/mol. The van der Waals surface area contributed by atoms with Crippen molar-refractivity contribution in [1.82, 2.24) is 4.90 Å².